The molecule has 20 heavy (non-hydrogen) atoms. The maximum atomic E-state index is 4.85. The van der Waals surface area contributed by atoms with Crippen LogP contribution < -0.4 is 0 Å². The molecule has 2 rings (SSSR count). The Balaban J connectivity index is 2.07. The lowest BCUT2D eigenvalue weighted by Gasteiger charge is -2.24. The van der Waals surface area contributed by atoms with Crippen LogP contribution in [0.15, 0.2) is 35.3 Å². The third kappa shape index (κ3) is 3.53. The van der Waals surface area contributed by atoms with Crippen molar-refractivity contribution in [2.24, 2.45) is 10.9 Å². The molecule has 1 saturated carbocycles. The summed E-state index contributed by atoms with van der Waals surface area (Å²) in [5.74, 6) is 2.43. The summed E-state index contributed by atoms with van der Waals surface area (Å²) in [6.45, 7) is 0.936. The molecule has 1 aliphatic carbocycles. The van der Waals surface area contributed by atoms with Gasteiger partial charge in [0.05, 0.1) is 0 Å². The molecule has 3 heteroatoms. The predicted molar refractivity (Wildman–Crippen MR) is 86.2 cm³/mol. The van der Waals surface area contributed by atoms with Crippen LogP contribution in [0.1, 0.15) is 30.7 Å². The van der Waals surface area contributed by atoms with Crippen molar-refractivity contribution in [1.82, 2.24) is 9.80 Å². The molecule has 0 radical (unpaired) electrons. The maximum Gasteiger partial charge on any atom is 0.195 e. The fourth-order valence-electron chi connectivity index (χ4n) is 3.28. The molecule has 2 unspecified atom stereocenters. The third-order valence-electron chi connectivity index (χ3n) is 4.15. The van der Waals surface area contributed by atoms with E-state index in [1.807, 2.05) is 0 Å². The lowest BCUT2D eigenvalue weighted by Crippen LogP contribution is -2.36. The first-order valence-electron chi connectivity index (χ1n) is 7.53. The number of benzene rings is 1. The van der Waals surface area contributed by atoms with Crippen LogP contribution in [-0.4, -0.2) is 50.5 Å². The van der Waals surface area contributed by atoms with Crippen molar-refractivity contribution in [3.8, 4) is 0 Å². The number of aliphatic imine (C=N–C) groups is 1. The van der Waals surface area contributed by atoms with Crippen molar-refractivity contribution in [2.45, 2.75) is 25.2 Å². The van der Waals surface area contributed by atoms with E-state index in [9.17, 15) is 0 Å². The van der Waals surface area contributed by atoms with Crippen LogP contribution in [0.4, 0.5) is 0 Å². The molecule has 1 aromatic rings. The van der Waals surface area contributed by atoms with Gasteiger partial charge in [-0.05, 0) is 30.2 Å². The first-order valence-corrected chi connectivity index (χ1v) is 7.53. The van der Waals surface area contributed by atoms with Crippen molar-refractivity contribution in [2.75, 3.05) is 34.7 Å². The zero-order valence-electron chi connectivity index (χ0n) is 13.2. The fourth-order valence-corrected chi connectivity index (χ4v) is 3.28. The van der Waals surface area contributed by atoms with Crippen LogP contribution in [0.3, 0.4) is 0 Å². The molecule has 0 amide bonds. The first-order chi connectivity index (χ1) is 9.59. The zero-order chi connectivity index (χ0) is 14.5. The van der Waals surface area contributed by atoms with E-state index in [2.05, 4.69) is 68.3 Å². The highest BCUT2D eigenvalue weighted by atomic mass is 15.3. The number of hydrogen-bond donors (Lipinski definition) is 0. The van der Waals surface area contributed by atoms with E-state index in [4.69, 9.17) is 4.99 Å². The van der Waals surface area contributed by atoms with Crippen LogP contribution in [-0.2, 0) is 0 Å². The molecule has 0 heterocycles. The van der Waals surface area contributed by atoms with Gasteiger partial charge in [-0.3, -0.25) is 4.99 Å². The van der Waals surface area contributed by atoms with Gasteiger partial charge in [0.25, 0.3) is 0 Å². The second-order valence-electron chi connectivity index (χ2n) is 6.14. The summed E-state index contributed by atoms with van der Waals surface area (Å²) in [5, 5.41) is 0. The molecular weight excluding hydrogens is 246 g/mol. The molecule has 3 nitrogen and oxygen atoms in total. The number of rotatable bonds is 3. The van der Waals surface area contributed by atoms with Gasteiger partial charge in [-0.2, -0.15) is 0 Å². The van der Waals surface area contributed by atoms with Crippen molar-refractivity contribution in [1.29, 1.82) is 0 Å². The number of hydrogen-bond acceptors (Lipinski definition) is 1. The standard InChI is InChI=1S/C17H27N3/c1-19(2)17(20(3)4)18-13-15-11-8-12-16(15)14-9-6-5-7-10-14/h5-7,9-10,15-16H,8,11-13H2,1-4H3. The molecule has 2 atom stereocenters. The Morgan fingerprint density at radius 3 is 2.30 bits per heavy atom. The summed E-state index contributed by atoms with van der Waals surface area (Å²) in [6.07, 6.45) is 3.94. The smallest absolute Gasteiger partial charge is 0.195 e. The van der Waals surface area contributed by atoms with E-state index < -0.39 is 0 Å². The fraction of sp³-hybridized carbons (Fsp3) is 0.588. The van der Waals surface area contributed by atoms with E-state index in [-0.39, 0.29) is 0 Å². The van der Waals surface area contributed by atoms with Gasteiger partial charge in [0.2, 0.25) is 0 Å². The van der Waals surface area contributed by atoms with Crippen molar-refractivity contribution in [3.63, 3.8) is 0 Å². The van der Waals surface area contributed by atoms with Gasteiger partial charge in [0.15, 0.2) is 5.96 Å². The number of guanidine groups is 1. The molecule has 1 aromatic carbocycles. The molecule has 0 aliphatic heterocycles. The normalized spacial score (nSPS) is 21.6. The average molecular weight is 273 g/mol. The minimum absolute atomic E-state index is 0.686. The summed E-state index contributed by atoms with van der Waals surface area (Å²) < 4.78 is 0. The molecule has 0 bridgehead atoms. The molecule has 1 fully saturated rings. The van der Waals surface area contributed by atoms with Gasteiger partial charge < -0.3 is 9.80 Å². The largest absolute Gasteiger partial charge is 0.349 e. The van der Waals surface area contributed by atoms with E-state index in [0.717, 1.165) is 12.5 Å². The molecule has 0 saturated heterocycles. The average Bonchev–Trinajstić information content (AvgIpc) is 2.87. The van der Waals surface area contributed by atoms with Crippen molar-refractivity contribution in [3.05, 3.63) is 35.9 Å². The maximum absolute atomic E-state index is 4.85. The minimum Gasteiger partial charge on any atom is -0.349 e. The Labute approximate surface area is 123 Å². The number of nitrogens with zero attached hydrogens (tertiary/aromatic N) is 3. The molecular formula is C17H27N3. The van der Waals surface area contributed by atoms with E-state index in [1.54, 1.807) is 0 Å². The monoisotopic (exact) mass is 273 g/mol. The quantitative estimate of drug-likeness (QED) is 0.622. The Morgan fingerprint density at radius 1 is 1.05 bits per heavy atom. The second-order valence-corrected chi connectivity index (χ2v) is 6.14. The second kappa shape index (κ2) is 6.78. The van der Waals surface area contributed by atoms with Gasteiger partial charge in [-0.15, -0.1) is 0 Å². The lowest BCUT2D eigenvalue weighted by molar-refractivity contribution is 0.456. The Bertz CT molecular complexity index is 427. The molecule has 1 aliphatic rings. The zero-order valence-corrected chi connectivity index (χ0v) is 13.2. The topological polar surface area (TPSA) is 18.8 Å². The Morgan fingerprint density at radius 2 is 1.70 bits per heavy atom. The van der Waals surface area contributed by atoms with Gasteiger partial charge in [0, 0.05) is 34.7 Å². The van der Waals surface area contributed by atoms with Crippen LogP contribution in [0, 0.1) is 5.92 Å². The lowest BCUT2D eigenvalue weighted by atomic mass is 9.89. The molecule has 0 N–H and O–H groups in total. The summed E-state index contributed by atoms with van der Waals surface area (Å²) in [7, 11) is 8.23. The van der Waals surface area contributed by atoms with E-state index in [0.29, 0.717) is 11.8 Å². The third-order valence-corrected chi connectivity index (χ3v) is 4.15. The summed E-state index contributed by atoms with van der Waals surface area (Å²) in [5.41, 5.74) is 1.49. The van der Waals surface area contributed by atoms with E-state index in [1.165, 1.54) is 24.8 Å². The highest BCUT2D eigenvalue weighted by molar-refractivity contribution is 5.79. The van der Waals surface area contributed by atoms with Crippen LogP contribution in [0.5, 0.6) is 0 Å². The van der Waals surface area contributed by atoms with Crippen LogP contribution in [0.25, 0.3) is 0 Å². The van der Waals surface area contributed by atoms with Crippen LogP contribution in [0.2, 0.25) is 0 Å². The van der Waals surface area contributed by atoms with E-state index >= 15 is 0 Å². The first kappa shape index (κ1) is 14.9. The Hall–Kier alpha value is -1.51. The summed E-state index contributed by atoms with van der Waals surface area (Å²) >= 11 is 0. The summed E-state index contributed by atoms with van der Waals surface area (Å²) in [6, 6.07) is 10.9. The highest BCUT2D eigenvalue weighted by Gasteiger charge is 2.28. The molecule has 0 spiro atoms. The Kier molecular flexibility index (Phi) is 5.05. The van der Waals surface area contributed by atoms with Crippen molar-refractivity contribution < 1.29 is 0 Å². The van der Waals surface area contributed by atoms with Crippen molar-refractivity contribution >= 4 is 5.96 Å². The van der Waals surface area contributed by atoms with Gasteiger partial charge in [0.1, 0.15) is 0 Å². The summed E-state index contributed by atoms with van der Waals surface area (Å²) in [4.78, 5) is 9.03. The van der Waals surface area contributed by atoms with Gasteiger partial charge in [-0.25, -0.2) is 0 Å². The minimum atomic E-state index is 0.686. The molecule has 0 aromatic heterocycles. The molecule has 110 valence electrons. The predicted octanol–water partition coefficient (Wildman–Crippen LogP) is 3.05. The SMILES string of the molecule is CN(C)C(=NCC1CCCC1c1ccccc1)N(C)C. The van der Waals surface area contributed by atoms with Gasteiger partial charge in [-0.1, -0.05) is 36.8 Å². The van der Waals surface area contributed by atoms with Gasteiger partial charge >= 0.3 is 0 Å². The highest BCUT2D eigenvalue weighted by Crippen LogP contribution is 2.39. The van der Waals surface area contributed by atoms with Crippen LogP contribution >= 0.6 is 0 Å².